The van der Waals surface area contributed by atoms with Gasteiger partial charge in [-0.2, -0.15) is 0 Å². The topological polar surface area (TPSA) is 188 Å². The van der Waals surface area contributed by atoms with Crippen LogP contribution < -0.4 is 9.47 Å². The molecule has 1 fully saturated rings. The Balaban J connectivity index is 1.82. The minimum Gasteiger partial charge on any atom is -0.508 e. The zero-order chi connectivity index (χ0) is 25.4. The molecule has 0 radical (unpaired) electrons. The first-order valence-electron chi connectivity index (χ1n) is 10.5. The highest BCUT2D eigenvalue weighted by Crippen LogP contribution is 2.43. The van der Waals surface area contributed by atoms with Gasteiger partial charge in [-0.25, -0.2) is 0 Å². The summed E-state index contributed by atoms with van der Waals surface area (Å²) in [6.07, 6.45) is -4.85. The van der Waals surface area contributed by atoms with Crippen LogP contribution in [0.15, 0.2) is 53.2 Å². The summed E-state index contributed by atoms with van der Waals surface area (Å²) in [5.41, 5.74) is 0.497. The molecule has 0 bridgehead atoms. The van der Waals surface area contributed by atoms with Crippen molar-refractivity contribution in [1.82, 2.24) is 0 Å². The minimum atomic E-state index is -1.71. The van der Waals surface area contributed by atoms with Crippen LogP contribution in [-0.4, -0.2) is 93.4 Å². The van der Waals surface area contributed by atoms with E-state index in [0.717, 1.165) is 6.08 Å². The number of phenolic OH excluding ortho intramolecular Hbond substituents is 1. The van der Waals surface area contributed by atoms with E-state index in [-0.39, 0.29) is 51.4 Å². The predicted molar refractivity (Wildman–Crippen MR) is 117 cm³/mol. The first-order chi connectivity index (χ1) is 16.7. The second kappa shape index (κ2) is 9.68. The Morgan fingerprint density at radius 3 is 2.17 bits per heavy atom. The average molecular weight is 494 g/mol. The zero-order valence-corrected chi connectivity index (χ0v) is 18.7. The summed E-state index contributed by atoms with van der Waals surface area (Å²) in [5, 5.41) is 70.6. The monoisotopic (exact) mass is 494 g/mol. The molecule has 0 saturated carbocycles. The lowest BCUT2D eigenvalue weighted by atomic mass is 9.96. The predicted octanol–water partition coefficient (Wildman–Crippen LogP) is 0.117. The van der Waals surface area contributed by atoms with E-state index in [1.54, 1.807) is 0 Å². The maximum Gasteiger partial charge on any atom is 0.229 e. The third-order valence-electron chi connectivity index (χ3n) is 5.80. The number of methoxy groups -OCH3 is 2. The van der Waals surface area contributed by atoms with Crippen LogP contribution in [0.5, 0.6) is 17.2 Å². The fraction of sp³-hybridized carbons (Fsp3) is 0.391. The molecule has 3 aliphatic rings. The van der Waals surface area contributed by atoms with E-state index in [1.807, 2.05) is 0 Å². The van der Waals surface area contributed by atoms with Gasteiger partial charge in [-0.15, -0.1) is 0 Å². The number of hydrogen-bond donors (Lipinski definition) is 7. The lowest BCUT2D eigenvalue weighted by Gasteiger charge is -2.40. The van der Waals surface area contributed by atoms with Gasteiger partial charge in [0.1, 0.15) is 42.0 Å². The van der Waals surface area contributed by atoms with Gasteiger partial charge in [-0.3, -0.25) is 0 Å². The number of aromatic hydroxyl groups is 1. The number of rotatable bonds is 6. The van der Waals surface area contributed by atoms with Gasteiger partial charge in [0.15, 0.2) is 23.0 Å². The second-order valence-corrected chi connectivity index (χ2v) is 8.00. The van der Waals surface area contributed by atoms with Crippen molar-refractivity contribution in [2.45, 2.75) is 36.8 Å². The number of allylic oxidation sites excluding steroid dienone is 2. The summed E-state index contributed by atoms with van der Waals surface area (Å²) < 4.78 is 27.7. The van der Waals surface area contributed by atoms with E-state index in [4.69, 9.17) is 23.7 Å². The Kier molecular flexibility index (Phi) is 6.83. The lowest BCUT2D eigenvalue weighted by Crippen LogP contribution is -2.59. The number of aliphatic hydroxyl groups excluding tert-OH is 6. The molecule has 4 rings (SSSR count). The highest BCUT2D eigenvalue weighted by molar-refractivity contribution is 5.72. The maximum absolute atomic E-state index is 10.4. The standard InChI is InChI=1S/C23H26O12/c1-31-14-3-9(4-15(32-2)18(14)27)22-16(7-11-12(26)5-10(25)6-13(11)33-22)34-23-21(30)20(29)19(28)17(8-24)35-23/h3-7,13,17,19-21,23-30H,8H2,1-2H3. The van der Waals surface area contributed by atoms with E-state index in [2.05, 4.69) is 0 Å². The van der Waals surface area contributed by atoms with E-state index in [0.29, 0.717) is 0 Å². The molecule has 6 atom stereocenters. The maximum atomic E-state index is 10.4. The van der Waals surface area contributed by atoms with Crippen molar-refractivity contribution in [3.63, 3.8) is 0 Å². The van der Waals surface area contributed by atoms with Crippen molar-refractivity contribution in [1.29, 1.82) is 0 Å². The molecule has 1 saturated heterocycles. The summed E-state index contributed by atoms with van der Waals surface area (Å²) in [6.45, 7) is -0.656. The molecule has 1 aromatic rings. The van der Waals surface area contributed by atoms with E-state index in [9.17, 15) is 35.7 Å². The van der Waals surface area contributed by atoms with E-state index in [1.165, 1.54) is 38.5 Å². The Morgan fingerprint density at radius 2 is 1.57 bits per heavy atom. The van der Waals surface area contributed by atoms with Crippen molar-refractivity contribution in [3.8, 4) is 17.2 Å². The Bertz CT molecular complexity index is 1080. The fourth-order valence-electron chi connectivity index (χ4n) is 3.92. The van der Waals surface area contributed by atoms with Crippen molar-refractivity contribution < 1.29 is 59.4 Å². The van der Waals surface area contributed by atoms with Gasteiger partial charge in [0.25, 0.3) is 0 Å². The number of benzene rings is 1. The smallest absolute Gasteiger partial charge is 0.229 e. The highest BCUT2D eigenvalue weighted by atomic mass is 16.7. The van der Waals surface area contributed by atoms with Crippen molar-refractivity contribution in [2.75, 3.05) is 20.8 Å². The summed E-state index contributed by atoms with van der Waals surface area (Å²) >= 11 is 0. The van der Waals surface area contributed by atoms with Gasteiger partial charge >= 0.3 is 0 Å². The first-order valence-corrected chi connectivity index (χ1v) is 10.5. The van der Waals surface area contributed by atoms with Crippen LogP contribution in [-0.2, 0) is 14.2 Å². The quantitative estimate of drug-likeness (QED) is 0.283. The van der Waals surface area contributed by atoms with Crippen LogP contribution in [0.1, 0.15) is 5.56 Å². The van der Waals surface area contributed by atoms with Crippen molar-refractivity contribution in [3.05, 3.63) is 58.8 Å². The molecular weight excluding hydrogens is 468 g/mol. The van der Waals surface area contributed by atoms with Crippen molar-refractivity contribution >= 4 is 5.76 Å². The molecule has 0 spiro atoms. The fourth-order valence-corrected chi connectivity index (χ4v) is 3.92. The molecule has 2 aliphatic heterocycles. The molecular formula is C23H26O12. The van der Waals surface area contributed by atoms with Crippen LogP contribution >= 0.6 is 0 Å². The number of phenols is 1. The molecule has 1 aliphatic carbocycles. The molecule has 12 heteroatoms. The van der Waals surface area contributed by atoms with Gasteiger partial charge in [0.05, 0.1) is 20.8 Å². The summed E-state index contributed by atoms with van der Waals surface area (Å²) in [6, 6.07) is 2.84. The molecule has 12 nitrogen and oxygen atoms in total. The van der Waals surface area contributed by atoms with Crippen LogP contribution in [0.2, 0.25) is 0 Å². The van der Waals surface area contributed by atoms with Gasteiger partial charge in [0, 0.05) is 23.3 Å². The van der Waals surface area contributed by atoms with Crippen LogP contribution in [0, 0.1) is 0 Å². The Labute approximate surface area is 199 Å². The second-order valence-electron chi connectivity index (χ2n) is 8.00. The number of fused-ring (bicyclic) bond motifs is 1. The lowest BCUT2D eigenvalue weighted by molar-refractivity contribution is -0.290. The SMILES string of the molecule is COc1cc(C2=C(OC3OC(CO)C(O)C(O)C3O)C=C3C(O)=CC(O)=CC3O2)cc(OC)c1O. The zero-order valence-electron chi connectivity index (χ0n) is 18.7. The first kappa shape index (κ1) is 24.7. The Morgan fingerprint density at radius 1 is 0.914 bits per heavy atom. The summed E-state index contributed by atoms with van der Waals surface area (Å²) in [5.74, 6) is -0.771. The van der Waals surface area contributed by atoms with Crippen LogP contribution in [0.25, 0.3) is 5.76 Å². The van der Waals surface area contributed by atoms with E-state index >= 15 is 0 Å². The normalized spacial score (nSPS) is 30.4. The number of hydrogen-bond acceptors (Lipinski definition) is 12. The molecule has 0 aromatic heterocycles. The third-order valence-corrected chi connectivity index (χ3v) is 5.80. The Hall–Kier alpha value is -3.42. The van der Waals surface area contributed by atoms with Crippen molar-refractivity contribution in [2.24, 2.45) is 0 Å². The average Bonchev–Trinajstić information content (AvgIpc) is 2.84. The summed E-state index contributed by atoms with van der Waals surface area (Å²) in [4.78, 5) is 0. The number of ether oxygens (including phenoxy) is 5. The highest BCUT2D eigenvalue weighted by Gasteiger charge is 2.45. The van der Waals surface area contributed by atoms with Gasteiger partial charge in [-0.05, 0) is 18.2 Å². The third kappa shape index (κ3) is 4.49. The molecule has 2 heterocycles. The molecule has 35 heavy (non-hydrogen) atoms. The largest absolute Gasteiger partial charge is 0.508 e. The number of aliphatic hydroxyl groups is 6. The molecule has 0 amide bonds. The van der Waals surface area contributed by atoms with Gasteiger partial charge < -0.3 is 59.4 Å². The van der Waals surface area contributed by atoms with Crippen LogP contribution in [0.3, 0.4) is 0 Å². The molecule has 7 N–H and O–H groups in total. The van der Waals surface area contributed by atoms with Gasteiger partial charge in [-0.1, -0.05) is 0 Å². The minimum absolute atomic E-state index is 0.0195. The van der Waals surface area contributed by atoms with E-state index < -0.39 is 43.4 Å². The summed E-state index contributed by atoms with van der Waals surface area (Å²) in [7, 11) is 2.67. The van der Waals surface area contributed by atoms with Crippen LogP contribution in [0.4, 0.5) is 0 Å². The van der Waals surface area contributed by atoms with Gasteiger partial charge in [0.2, 0.25) is 12.0 Å². The molecule has 6 unspecified atom stereocenters. The molecule has 1 aromatic carbocycles. The molecule has 190 valence electrons.